The molecule has 0 heterocycles. The van der Waals surface area contributed by atoms with Gasteiger partial charge in [0.05, 0.1) is 4.92 Å². The van der Waals surface area contributed by atoms with Crippen molar-refractivity contribution >= 4 is 28.2 Å². The van der Waals surface area contributed by atoms with Crippen molar-refractivity contribution in [3.63, 3.8) is 0 Å². The van der Waals surface area contributed by atoms with E-state index < -0.39 is 4.92 Å². The standard InChI is InChI=1S/C18H15N3O3/c22-18(20-15-8-10-16(11-9-15)21(23)24)19-12-14-6-3-5-13-4-1-2-7-17(13)14/h1-11H,12H2,(H2,19,20,22). The van der Waals surface area contributed by atoms with Crippen LogP contribution in [0.3, 0.4) is 0 Å². The van der Waals surface area contributed by atoms with E-state index >= 15 is 0 Å². The van der Waals surface area contributed by atoms with Crippen LogP contribution >= 0.6 is 0 Å². The molecule has 0 aliphatic carbocycles. The van der Waals surface area contributed by atoms with Crippen molar-refractivity contribution in [1.29, 1.82) is 0 Å². The molecule has 0 fully saturated rings. The van der Waals surface area contributed by atoms with E-state index in [1.54, 1.807) is 0 Å². The Morgan fingerprint density at radius 2 is 1.67 bits per heavy atom. The lowest BCUT2D eigenvalue weighted by atomic mass is 10.0. The van der Waals surface area contributed by atoms with E-state index in [9.17, 15) is 14.9 Å². The van der Waals surface area contributed by atoms with Crippen molar-refractivity contribution in [3.8, 4) is 0 Å². The minimum Gasteiger partial charge on any atom is -0.334 e. The van der Waals surface area contributed by atoms with Gasteiger partial charge in [0.25, 0.3) is 5.69 Å². The number of nitrogens with zero attached hydrogens (tertiary/aromatic N) is 1. The van der Waals surface area contributed by atoms with Crippen molar-refractivity contribution in [2.45, 2.75) is 6.54 Å². The van der Waals surface area contributed by atoms with E-state index in [1.807, 2.05) is 42.5 Å². The molecule has 0 aromatic heterocycles. The molecule has 0 saturated heterocycles. The molecule has 6 heteroatoms. The van der Waals surface area contributed by atoms with E-state index in [-0.39, 0.29) is 11.7 Å². The van der Waals surface area contributed by atoms with Gasteiger partial charge < -0.3 is 10.6 Å². The van der Waals surface area contributed by atoms with Gasteiger partial charge >= 0.3 is 6.03 Å². The molecule has 3 aromatic rings. The molecule has 0 aliphatic heterocycles. The van der Waals surface area contributed by atoms with Gasteiger partial charge in [0.1, 0.15) is 0 Å². The fourth-order valence-corrected chi connectivity index (χ4v) is 2.46. The van der Waals surface area contributed by atoms with Crippen LogP contribution in [0, 0.1) is 10.1 Å². The van der Waals surface area contributed by atoms with Crippen LogP contribution in [0.1, 0.15) is 5.56 Å². The third-order valence-electron chi connectivity index (χ3n) is 3.66. The maximum absolute atomic E-state index is 12.0. The Balaban J connectivity index is 1.64. The third-order valence-corrected chi connectivity index (χ3v) is 3.66. The zero-order valence-electron chi connectivity index (χ0n) is 12.7. The zero-order valence-corrected chi connectivity index (χ0v) is 12.7. The third kappa shape index (κ3) is 3.49. The number of benzene rings is 3. The van der Waals surface area contributed by atoms with E-state index in [0.717, 1.165) is 16.3 Å². The summed E-state index contributed by atoms with van der Waals surface area (Å²) in [6.07, 6.45) is 0. The first-order valence-corrected chi connectivity index (χ1v) is 7.39. The molecule has 0 atom stereocenters. The van der Waals surface area contributed by atoms with Crippen LogP contribution in [0.15, 0.2) is 66.7 Å². The number of rotatable bonds is 4. The number of hydrogen-bond donors (Lipinski definition) is 2. The van der Waals surface area contributed by atoms with Gasteiger partial charge in [-0.3, -0.25) is 10.1 Å². The molecule has 24 heavy (non-hydrogen) atoms. The summed E-state index contributed by atoms with van der Waals surface area (Å²) in [6, 6.07) is 19.2. The Morgan fingerprint density at radius 1 is 0.958 bits per heavy atom. The van der Waals surface area contributed by atoms with Crippen molar-refractivity contribution in [2.24, 2.45) is 0 Å². The molecule has 2 N–H and O–H groups in total. The molecule has 3 aromatic carbocycles. The Kier molecular flexibility index (Phi) is 4.38. The summed E-state index contributed by atoms with van der Waals surface area (Å²) in [7, 11) is 0. The van der Waals surface area contributed by atoms with E-state index in [0.29, 0.717) is 12.2 Å². The molecular weight excluding hydrogens is 306 g/mol. The summed E-state index contributed by atoms with van der Waals surface area (Å²) >= 11 is 0. The fourth-order valence-electron chi connectivity index (χ4n) is 2.46. The Hall–Kier alpha value is -3.41. The van der Waals surface area contributed by atoms with Gasteiger partial charge in [0.15, 0.2) is 0 Å². The summed E-state index contributed by atoms with van der Waals surface area (Å²) in [5.41, 5.74) is 1.50. The van der Waals surface area contributed by atoms with Gasteiger partial charge in [-0.1, -0.05) is 42.5 Å². The smallest absolute Gasteiger partial charge is 0.319 e. The quantitative estimate of drug-likeness (QED) is 0.561. The molecule has 0 aliphatic rings. The van der Waals surface area contributed by atoms with Crippen LogP contribution in [-0.4, -0.2) is 11.0 Å². The highest BCUT2D eigenvalue weighted by molar-refractivity contribution is 5.90. The topological polar surface area (TPSA) is 84.3 Å². The average Bonchev–Trinajstić information content (AvgIpc) is 2.60. The summed E-state index contributed by atoms with van der Waals surface area (Å²) in [6.45, 7) is 0.389. The minimum absolute atomic E-state index is 0.0169. The molecule has 0 saturated carbocycles. The van der Waals surface area contributed by atoms with Crippen molar-refractivity contribution < 1.29 is 9.72 Å². The van der Waals surface area contributed by atoms with Crippen LogP contribution in [0.4, 0.5) is 16.2 Å². The second kappa shape index (κ2) is 6.78. The molecule has 0 radical (unpaired) electrons. The number of anilines is 1. The van der Waals surface area contributed by atoms with Crippen LogP contribution in [0.5, 0.6) is 0 Å². The maximum atomic E-state index is 12.0. The number of nitro benzene ring substituents is 1. The largest absolute Gasteiger partial charge is 0.334 e. The molecular formula is C18H15N3O3. The number of carbonyl (C=O) groups excluding carboxylic acids is 1. The lowest BCUT2D eigenvalue weighted by Crippen LogP contribution is -2.28. The van der Waals surface area contributed by atoms with Gasteiger partial charge in [0, 0.05) is 24.4 Å². The van der Waals surface area contributed by atoms with Crippen LogP contribution in [0.25, 0.3) is 10.8 Å². The van der Waals surface area contributed by atoms with Crippen molar-refractivity contribution in [1.82, 2.24) is 5.32 Å². The monoisotopic (exact) mass is 321 g/mol. The molecule has 3 rings (SSSR count). The Bertz CT molecular complexity index is 886. The van der Waals surface area contributed by atoms with Gasteiger partial charge in [-0.15, -0.1) is 0 Å². The zero-order chi connectivity index (χ0) is 16.9. The second-order valence-corrected chi connectivity index (χ2v) is 5.25. The number of carbonyl (C=O) groups is 1. The molecule has 120 valence electrons. The molecule has 0 bridgehead atoms. The second-order valence-electron chi connectivity index (χ2n) is 5.25. The average molecular weight is 321 g/mol. The normalized spacial score (nSPS) is 10.3. The van der Waals surface area contributed by atoms with E-state index in [1.165, 1.54) is 24.3 Å². The lowest BCUT2D eigenvalue weighted by Gasteiger charge is -2.09. The van der Waals surface area contributed by atoms with E-state index in [4.69, 9.17) is 0 Å². The number of hydrogen-bond acceptors (Lipinski definition) is 3. The van der Waals surface area contributed by atoms with Crippen molar-refractivity contribution in [3.05, 3.63) is 82.4 Å². The summed E-state index contributed by atoms with van der Waals surface area (Å²) in [4.78, 5) is 22.1. The van der Waals surface area contributed by atoms with Gasteiger partial charge in [-0.2, -0.15) is 0 Å². The predicted octanol–water partition coefficient (Wildman–Crippen LogP) is 4.07. The number of fused-ring (bicyclic) bond motifs is 1. The Morgan fingerprint density at radius 3 is 2.42 bits per heavy atom. The SMILES string of the molecule is O=C(NCc1cccc2ccccc12)Nc1ccc([N+](=O)[O-])cc1. The van der Waals surface area contributed by atoms with Crippen LogP contribution in [0.2, 0.25) is 0 Å². The van der Waals surface area contributed by atoms with Crippen molar-refractivity contribution in [2.75, 3.05) is 5.32 Å². The highest BCUT2D eigenvalue weighted by atomic mass is 16.6. The minimum atomic E-state index is -0.482. The maximum Gasteiger partial charge on any atom is 0.319 e. The van der Waals surface area contributed by atoms with E-state index in [2.05, 4.69) is 10.6 Å². The number of urea groups is 1. The number of nitro groups is 1. The first kappa shape index (κ1) is 15.5. The highest BCUT2D eigenvalue weighted by Crippen LogP contribution is 2.18. The number of non-ortho nitro benzene ring substituents is 1. The molecule has 2 amide bonds. The van der Waals surface area contributed by atoms with Gasteiger partial charge in [-0.05, 0) is 28.5 Å². The fraction of sp³-hybridized carbons (Fsp3) is 0.0556. The van der Waals surface area contributed by atoms with Gasteiger partial charge in [-0.25, -0.2) is 4.79 Å². The predicted molar refractivity (Wildman–Crippen MR) is 92.9 cm³/mol. The first-order valence-electron chi connectivity index (χ1n) is 7.39. The summed E-state index contributed by atoms with van der Waals surface area (Å²) in [5, 5.41) is 18.3. The molecule has 0 spiro atoms. The molecule has 6 nitrogen and oxygen atoms in total. The highest BCUT2D eigenvalue weighted by Gasteiger charge is 2.07. The van der Waals surface area contributed by atoms with Crippen LogP contribution < -0.4 is 10.6 Å². The Labute approximate surface area is 138 Å². The lowest BCUT2D eigenvalue weighted by molar-refractivity contribution is -0.384. The number of nitrogens with one attached hydrogen (secondary N) is 2. The van der Waals surface area contributed by atoms with Gasteiger partial charge in [0.2, 0.25) is 0 Å². The number of amides is 2. The summed E-state index contributed by atoms with van der Waals surface area (Å²) < 4.78 is 0. The molecule has 0 unspecified atom stereocenters. The summed E-state index contributed by atoms with van der Waals surface area (Å²) in [5.74, 6) is 0. The first-order chi connectivity index (χ1) is 11.6. The van der Waals surface area contributed by atoms with Crippen LogP contribution in [-0.2, 0) is 6.54 Å².